The molecule has 0 saturated heterocycles. The molecule has 0 aliphatic carbocycles. The second kappa shape index (κ2) is 25.7. The number of nitrogens with zero attached hydrogens (tertiary/aromatic N) is 5. The molecular formula is C110H80BN5. The second-order valence-corrected chi connectivity index (χ2v) is 33.9. The SMILES string of the molecule is CC(C)(C)c1ccc2c(c1)c1cc(C(C)(C)C)ccc1n2-c1ccc2c(c1)N(c1c(-c3ccccc3)cccc1-c1ccccc1)c1cc(-c3ccc4c(c3)c3cccc5c6ccccc6n4c53)cc3c1B2c1ccc(-c2ccc4c(c2)c2ccccc2n4-c2ccccc2)cc1N3c1c(-c2ccccc2)cccc1-c1ccccc1. The quantitative estimate of drug-likeness (QED) is 0.127. The Balaban J connectivity index is 0.875. The average Bonchev–Trinajstić information content (AvgIpc) is 0.734. The van der Waals surface area contributed by atoms with E-state index in [0.717, 1.165) is 112 Å². The van der Waals surface area contributed by atoms with Crippen LogP contribution in [0.25, 0.3) is 160 Å². The molecule has 0 spiro atoms. The second-order valence-electron chi connectivity index (χ2n) is 33.9. The Morgan fingerprint density at radius 2 is 0.569 bits per heavy atom. The van der Waals surface area contributed by atoms with Crippen LogP contribution in [-0.4, -0.2) is 20.2 Å². The summed E-state index contributed by atoms with van der Waals surface area (Å²) in [5, 5.41) is 9.93. The van der Waals surface area contributed by atoms with Crippen LogP contribution in [0, 0.1) is 0 Å². The van der Waals surface area contributed by atoms with E-state index in [1.54, 1.807) is 0 Å². The molecule has 6 heterocycles. The van der Waals surface area contributed by atoms with Gasteiger partial charge in [-0.3, -0.25) is 0 Å². The van der Waals surface area contributed by atoms with Crippen LogP contribution in [0.3, 0.4) is 0 Å². The zero-order valence-electron chi connectivity index (χ0n) is 65.6. The highest BCUT2D eigenvalue weighted by Crippen LogP contribution is 2.56. The van der Waals surface area contributed by atoms with Crippen LogP contribution in [0.5, 0.6) is 0 Å². The van der Waals surface area contributed by atoms with Crippen LogP contribution in [-0.2, 0) is 10.8 Å². The molecule has 0 saturated carbocycles. The van der Waals surface area contributed by atoms with Gasteiger partial charge in [0.2, 0.25) is 0 Å². The Bertz CT molecular complexity index is 7400. The van der Waals surface area contributed by atoms with Crippen LogP contribution in [0.15, 0.2) is 376 Å². The normalized spacial score (nSPS) is 12.9. The summed E-state index contributed by atoms with van der Waals surface area (Å²) in [6, 6.07) is 143. The molecule has 548 valence electrons. The van der Waals surface area contributed by atoms with Crippen molar-refractivity contribution in [2.24, 2.45) is 0 Å². The number of hydrogen-bond donors (Lipinski definition) is 0. The van der Waals surface area contributed by atoms with E-state index >= 15 is 0 Å². The Hall–Kier alpha value is -14.2. The summed E-state index contributed by atoms with van der Waals surface area (Å²) in [4.78, 5) is 5.43. The molecule has 116 heavy (non-hydrogen) atoms. The van der Waals surface area contributed by atoms with E-state index in [2.05, 4.69) is 441 Å². The van der Waals surface area contributed by atoms with Crippen LogP contribution >= 0.6 is 0 Å². The van der Waals surface area contributed by atoms with Crippen LogP contribution in [0.1, 0.15) is 52.7 Å². The molecule has 0 amide bonds. The fourth-order valence-electron chi connectivity index (χ4n) is 19.8. The highest BCUT2D eigenvalue weighted by Gasteiger charge is 2.46. The Morgan fingerprint density at radius 1 is 0.224 bits per heavy atom. The third-order valence-corrected chi connectivity index (χ3v) is 25.2. The molecule has 0 atom stereocenters. The number of benzene rings is 17. The highest BCUT2D eigenvalue weighted by molar-refractivity contribution is 7.00. The first kappa shape index (κ1) is 67.5. The maximum Gasteiger partial charge on any atom is 0.252 e. The average molecular weight is 1480 g/mol. The Morgan fingerprint density at radius 3 is 1.09 bits per heavy atom. The van der Waals surface area contributed by atoms with Gasteiger partial charge in [-0.25, -0.2) is 0 Å². The topological polar surface area (TPSA) is 20.8 Å². The molecule has 17 aromatic carbocycles. The minimum atomic E-state index is -0.284. The highest BCUT2D eigenvalue weighted by atomic mass is 15.2. The van der Waals surface area contributed by atoms with Crippen molar-refractivity contribution in [3.63, 3.8) is 0 Å². The molecular weight excluding hydrogens is 1400 g/mol. The van der Waals surface area contributed by atoms with E-state index in [-0.39, 0.29) is 17.5 Å². The minimum Gasteiger partial charge on any atom is -0.310 e. The van der Waals surface area contributed by atoms with Gasteiger partial charge < -0.3 is 23.3 Å². The van der Waals surface area contributed by atoms with Gasteiger partial charge in [0.1, 0.15) is 0 Å². The smallest absolute Gasteiger partial charge is 0.252 e. The van der Waals surface area contributed by atoms with Crippen molar-refractivity contribution < 1.29 is 0 Å². The number of rotatable bonds is 10. The van der Waals surface area contributed by atoms with Crippen molar-refractivity contribution >= 4 is 139 Å². The van der Waals surface area contributed by atoms with Crippen molar-refractivity contribution in [3.05, 3.63) is 387 Å². The molecule has 0 N–H and O–H groups in total. The summed E-state index contributed by atoms with van der Waals surface area (Å²) in [6.07, 6.45) is 0. The number of fused-ring (bicyclic) bond motifs is 16. The Kier molecular flexibility index (Phi) is 14.9. The number of aromatic nitrogens is 3. The molecule has 2 aliphatic heterocycles. The molecule has 21 aromatic rings. The molecule has 0 radical (unpaired) electrons. The summed E-state index contributed by atoms with van der Waals surface area (Å²) in [5.41, 5.74) is 36.9. The van der Waals surface area contributed by atoms with Gasteiger partial charge in [0.05, 0.1) is 50.0 Å². The zero-order valence-corrected chi connectivity index (χ0v) is 65.6. The van der Waals surface area contributed by atoms with E-state index in [1.165, 1.54) is 109 Å². The molecule has 5 nitrogen and oxygen atoms in total. The van der Waals surface area contributed by atoms with Crippen LogP contribution in [0.2, 0.25) is 0 Å². The van der Waals surface area contributed by atoms with Crippen molar-refractivity contribution in [2.75, 3.05) is 9.80 Å². The van der Waals surface area contributed by atoms with Gasteiger partial charge in [-0.15, -0.1) is 0 Å². The number of anilines is 6. The summed E-state index contributed by atoms with van der Waals surface area (Å²) in [6.45, 7) is 13.7. The van der Waals surface area contributed by atoms with Crippen LogP contribution in [0.4, 0.5) is 34.1 Å². The first-order chi connectivity index (χ1) is 56.8. The van der Waals surface area contributed by atoms with E-state index in [9.17, 15) is 0 Å². The fraction of sp³-hybridized carbons (Fsp3) is 0.0727. The van der Waals surface area contributed by atoms with Crippen molar-refractivity contribution in [1.29, 1.82) is 0 Å². The van der Waals surface area contributed by atoms with Gasteiger partial charge in [0, 0.05) is 99.5 Å². The maximum absolute atomic E-state index is 2.72. The zero-order chi connectivity index (χ0) is 77.4. The summed E-state index contributed by atoms with van der Waals surface area (Å²) in [7, 11) is 0. The molecule has 23 rings (SSSR count). The first-order valence-corrected chi connectivity index (χ1v) is 40.7. The third kappa shape index (κ3) is 10.3. The van der Waals surface area contributed by atoms with Gasteiger partial charge in [-0.05, 0) is 186 Å². The lowest BCUT2D eigenvalue weighted by Crippen LogP contribution is -2.61. The monoisotopic (exact) mass is 1480 g/mol. The van der Waals surface area contributed by atoms with Gasteiger partial charge >= 0.3 is 0 Å². The van der Waals surface area contributed by atoms with Crippen molar-refractivity contribution in [2.45, 2.75) is 52.4 Å². The van der Waals surface area contributed by atoms with E-state index < -0.39 is 0 Å². The number of para-hydroxylation sites is 6. The molecule has 6 heteroatoms. The molecule has 0 unspecified atom stereocenters. The summed E-state index contributed by atoms with van der Waals surface area (Å²) < 4.78 is 7.49. The summed E-state index contributed by atoms with van der Waals surface area (Å²) in [5.74, 6) is 0. The van der Waals surface area contributed by atoms with E-state index in [0.29, 0.717) is 0 Å². The first-order valence-electron chi connectivity index (χ1n) is 40.7. The van der Waals surface area contributed by atoms with E-state index in [1.807, 2.05) is 0 Å². The van der Waals surface area contributed by atoms with Gasteiger partial charge in [0.15, 0.2) is 0 Å². The molecule has 0 bridgehead atoms. The summed E-state index contributed by atoms with van der Waals surface area (Å²) >= 11 is 0. The van der Waals surface area contributed by atoms with Crippen molar-refractivity contribution in [1.82, 2.24) is 13.5 Å². The Labute approximate surface area is 675 Å². The van der Waals surface area contributed by atoms with E-state index in [4.69, 9.17) is 0 Å². The molecule has 4 aromatic heterocycles. The third-order valence-electron chi connectivity index (χ3n) is 25.2. The van der Waals surface area contributed by atoms with Crippen molar-refractivity contribution in [3.8, 4) is 78.1 Å². The number of hydrogen-bond acceptors (Lipinski definition) is 2. The fourth-order valence-corrected chi connectivity index (χ4v) is 19.8. The lowest BCUT2D eigenvalue weighted by Gasteiger charge is -2.46. The molecule has 2 aliphatic rings. The van der Waals surface area contributed by atoms with Gasteiger partial charge in [0.25, 0.3) is 6.71 Å². The van der Waals surface area contributed by atoms with Crippen LogP contribution < -0.4 is 26.2 Å². The van der Waals surface area contributed by atoms with Gasteiger partial charge in [-0.2, -0.15) is 0 Å². The predicted octanol–water partition coefficient (Wildman–Crippen LogP) is 27.7. The predicted molar refractivity (Wildman–Crippen MR) is 494 cm³/mol. The maximum atomic E-state index is 2.72. The lowest BCUT2D eigenvalue weighted by molar-refractivity contribution is 0.590. The standard InChI is InChI=1S/C110H80BN5/c1-109(2,3)77-52-59-98-91(66-77)92-67-78(110(4,5)6)53-60-99(92)113(98)80-54-56-94-102(68-80)116(107-83(71-33-16-9-17-34-71)43-27-44-84(107)72-35-18-10-19-36-72)104-65-76(74-51-58-100-90(62-74)88-46-28-45-87-85-39-22-25-48-96(85)114(100)108(87)88)64-103-105(104)111(94)93-55-49-75(73-50-57-97-89(61-73)86-40-23-24-47-95(86)112(97)79-37-20-11-21-38-79)63-101(93)115(103)106-81(69-29-12-7-13-30-69)41-26-42-82(106)70-31-14-8-15-32-70/h7-68H,1-6H3. The lowest BCUT2D eigenvalue weighted by atomic mass is 9.33. The van der Waals surface area contributed by atoms with Gasteiger partial charge in [-0.1, -0.05) is 315 Å². The largest absolute Gasteiger partial charge is 0.310 e. The minimum absolute atomic E-state index is 0.0734. The molecule has 0 fully saturated rings.